The zero-order chi connectivity index (χ0) is 13.2. The molecule has 7 heteroatoms. The van der Waals surface area contributed by atoms with Crippen molar-refractivity contribution in [1.82, 2.24) is 20.0 Å². The van der Waals surface area contributed by atoms with E-state index in [0.717, 1.165) is 11.0 Å². The maximum Gasteiger partial charge on any atom is 0.172 e. The molecule has 2 heterocycles. The van der Waals surface area contributed by atoms with Gasteiger partial charge in [-0.05, 0) is 18.2 Å². The Labute approximate surface area is 108 Å². The van der Waals surface area contributed by atoms with Gasteiger partial charge < -0.3 is 10.9 Å². The predicted molar refractivity (Wildman–Crippen MR) is 69.2 cm³/mol. The van der Waals surface area contributed by atoms with Gasteiger partial charge in [0, 0.05) is 11.8 Å². The lowest BCUT2D eigenvalue weighted by Crippen LogP contribution is -2.17. The van der Waals surface area contributed by atoms with E-state index >= 15 is 0 Å². The smallest absolute Gasteiger partial charge is 0.172 e. The largest absolute Gasteiger partial charge is 0.409 e. The minimum atomic E-state index is -0.00280. The molecule has 0 radical (unpaired) electrons. The van der Waals surface area contributed by atoms with E-state index in [4.69, 9.17) is 10.9 Å². The number of para-hydroxylation sites is 1. The summed E-state index contributed by atoms with van der Waals surface area (Å²) in [7, 11) is 0. The van der Waals surface area contributed by atoms with E-state index in [2.05, 4.69) is 20.5 Å². The zero-order valence-corrected chi connectivity index (χ0v) is 9.80. The second kappa shape index (κ2) is 4.37. The molecule has 7 nitrogen and oxygen atoms in total. The van der Waals surface area contributed by atoms with E-state index in [0.29, 0.717) is 11.3 Å². The van der Waals surface area contributed by atoms with E-state index < -0.39 is 0 Å². The zero-order valence-electron chi connectivity index (χ0n) is 9.80. The Balaban J connectivity index is 2.28. The van der Waals surface area contributed by atoms with Gasteiger partial charge in [0.05, 0.1) is 17.4 Å². The number of amidine groups is 1. The summed E-state index contributed by atoms with van der Waals surface area (Å²) in [6, 6.07) is 9.17. The van der Waals surface area contributed by atoms with Crippen molar-refractivity contribution in [3.05, 3.63) is 48.3 Å². The van der Waals surface area contributed by atoms with Gasteiger partial charge in [-0.15, -0.1) is 5.10 Å². The van der Waals surface area contributed by atoms with Crippen LogP contribution in [-0.2, 0) is 0 Å². The molecule has 19 heavy (non-hydrogen) atoms. The van der Waals surface area contributed by atoms with Crippen LogP contribution in [-0.4, -0.2) is 31.0 Å². The van der Waals surface area contributed by atoms with Crippen LogP contribution >= 0.6 is 0 Å². The first-order valence-corrected chi connectivity index (χ1v) is 5.54. The number of benzene rings is 1. The van der Waals surface area contributed by atoms with Gasteiger partial charge in [-0.1, -0.05) is 22.5 Å². The quantitative estimate of drug-likeness (QED) is 0.306. The predicted octanol–water partition coefficient (Wildman–Crippen LogP) is 0.910. The second-order valence-electron chi connectivity index (χ2n) is 3.87. The fraction of sp³-hybridized carbons (Fsp3) is 0. The van der Waals surface area contributed by atoms with Crippen LogP contribution in [0.25, 0.3) is 16.7 Å². The Kier molecular flexibility index (Phi) is 2.57. The normalized spacial score (nSPS) is 11.9. The van der Waals surface area contributed by atoms with Gasteiger partial charge in [0.25, 0.3) is 0 Å². The number of nitrogens with two attached hydrogens (primary N) is 1. The molecule has 0 bridgehead atoms. The summed E-state index contributed by atoms with van der Waals surface area (Å²) in [6.07, 6.45) is 3.16. The number of oxime groups is 1. The summed E-state index contributed by atoms with van der Waals surface area (Å²) < 4.78 is 1.61. The monoisotopic (exact) mass is 254 g/mol. The summed E-state index contributed by atoms with van der Waals surface area (Å²) in [4.78, 5) is 4.04. The van der Waals surface area contributed by atoms with Crippen LogP contribution < -0.4 is 5.73 Å². The van der Waals surface area contributed by atoms with Crippen LogP contribution in [0.5, 0.6) is 0 Å². The van der Waals surface area contributed by atoms with Crippen LogP contribution in [0.1, 0.15) is 5.56 Å². The molecule has 0 spiro atoms. The number of hydrogen-bond acceptors (Lipinski definition) is 5. The second-order valence-corrected chi connectivity index (χ2v) is 3.87. The highest BCUT2D eigenvalue weighted by atomic mass is 16.4. The lowest BCUT2D eigenvalue weighted by Gasteiger charge is -2.07. The molecule has 0 aliphatic heterocycles. The topological polar surface area (TPSA) is 102 Å². The van der Waals surface area contributed by atoms with Crippen molar-refractivity contribution in [1.29, 1.82) is 0 Å². The number of aromatic nitrogens is 4. The first-order valence-electron chi connectivity index (χ1n) is 5.54. The summed E-state index contributed by atoms with van der Waals surface area (Å²) in [5.74, 6) is -0.00280. The summed E-state index contributed by atoms with van der Waals surface area (Å²) >= 11 is 0. The van der Waals surface area contributed by atoms with Crippen LogP contribution in [0.3, 0.4) is 0 Å². The molecule has 0 fully saturated rings. The fourth-order valence-electron chi connectivity index (χ4n) is 1.87. The highest BCUT2D eigenvalue weighted by Crippen LogP contribution is 2.18. The van der Waals surface area contributed by atoms with Gasteiger partial charge in [0.1, 0.15) is 5.52 Å². The van der Waals surface area contributed by atoms with E-state index in [1.54, 1.807) is 23.1 Å². The molecule has 0 atom stereocenters. The molecule has 0 unspecified atom stereocenters. The van der Waals surface area contributed by atoms with Crippen LogP contribution in [0.2, 0.25) is 0 Å². The maximum absolute atomic E-state index is 8.82. The first kappa shape index (κ1) is 11.1. The molecule has 94 valence electrons. The Hall–Kier alpha value is -2.96. The Morgan fingerprint density at radius 3 is 2.95 bits per heavy atom. The van der Waals surface area contributed by atoms with E-state index in [1.165, 1.54) is 0 Å². The number of pyridine rings is 1. The van der Waals surface area contributed by atoms with Gasteiger partial charge in [-0.25, -0.2) is 4.68 Å². The minimum absolute atomic E-state index is 0.00280. The first-order chi connectivity index (χ1) is 9.31. The highest BCUT2D eigenvalue weighted by molar-refractivity contribution is 6.00. The standard InChI is InChI=1S/C12H10N6O/c13-12(16-19)8-5-6-14-7-11(8)18-10-4-2-1-3-9(10)15-17-18/h1-7,19H,(H2,13,16). The molecule has 0 aliphatic carbocycles. The molecule has 3 aromatic rings. The third-order valence-corrected chi connectivity index (χ3v) is 2.76. The van der Waals surface area contributed by atoms with Crippen molar-refractivity contribution in [2.45, 2.75) is 0 Å². The minimum Gasteiger partial charge on any atom is -0.409 e. The number of rotatable bonds is 2. The molecule has 1 aromatic carbocycles. The fourth-order valence-corrected chi connectivity index (χ4v) is 1.87. The van der Waals surface area contributed by atoms with Crippen molar-refractivity contribution in [3.8, 4) is 5.69 Å². The van der Waals surface area contributed by atoms with Crippen molar-refractivity contribution < 1.29 is 5.21 Å². The van der Waals surface area contributed by atoms with E-state index in [-0.39, 0.29) is 5.84 Å². The van der Waals surface area contributed by atoms with Gasteiger partial charge in [0.2, 0.25) is 0 Å². The van der Waals surface area contributed by atoms with E-state index in [9.17, 15) is 0 Å². The van der Waals surface area contributed by atoms with Crippen molar-refractivity contribution in [3.63, 3.8) is 0 Å². The van der Waals surface area contributed by atoms with Crippen LogP contribution in [0, 0.1) is 0 Å². The van der Waals surface area contributed by atoms with Gasteiger partial charge in [-0.3, -0.25) is 4.98 Å². The number of hydrogen-bond donors (Lipinski definition) is 2. The lowest BCUT2D eigenvalue weighted by molar-refractivity contribution is 0.318. The summed E-state index contributed by atoms with van der Waals surface area (Å²) in [5, 5.41) is 20.0. The van der Waals surface area contributed by atoms with Gasteiger partial charge in [0.15, 0.2) is 5.84 Å². The average Bonchev–Trinajstić information content (AvgIpc) is 2.90. The maximum atomic E-state index is 8.82. The Bertz CT molecular complexity index is 764. The van der Waals surface area contributed by atoms with Crippen LogP contribution in [0.15, 0.2) is 47.9 Å². The molecule has 2 aromatic heterocycles. The Morgan fingerprint density at radius 1 is 1.26 bits per heavy atom. The van der Waals surface area contributed by atoms with E-state index in [1.807, 2.05) is 24.3 Å². The van der Waals surface area contributed by atoms with Gasteiger partial charge in [-0.2, -0.15) is 0 Å². The van der Waals surface area contributed by atoms with Crippen molar-refractivity contribution in [2.75, 3.05) is 0 Å². The molecule has 0 aliphatic rings. The molecule has 0 saturated heterocycles. The van der Waals surface area contributed by atoms with Crippen molar-refractivity contribution in [2.24, 2.45) is 10.9 Å². The molecule has 3 rings (SSSR count). The average molecular weight is 254 g/mol. The molecule has 3 N–H and O–H groups in total. The third-order valence-electron chi connectivity index (χ3n) is 2.76. The number of fused-ring (bicyclic) bond motifs is 1. The summed E-state index contributed by atoms with van der Waals surface area (Å²) in [6.45, 7) is 0. The number of nitrogens with zero attached hydrogens (tertiary/aromatic N) is 5. The molecule has 0 amide bonds. The molecular weight excluding hydrogens is 244 g/mol. The van der Waals surface area contributed by atoms with Crippen LogP contribution in [0.4, 0.5) is 0 Å². The molecular formula is C12H10N6O. The highest BCUT2D eigenvalue weighted by Gasteiger charge is 2.12. The SMILES string of the molecule is N/C(=N/O)c1ccncc1-n1nnc2ccccc21. The Morgan fingerprint density at radius 2 is 2.11 bits per heavy atom. The van der Waals surface area contributed by atoms with Gasteiger partial charge >= 0.3 is 0 Å². The third kappa shape index (κ3) is 1.77. The summed E-state index contributed by atoms with van der Waals surface area (Å²) in [5.41, 5.74) is 8.38. The molecule has 0 saturated carbocycles. The van der Waals surface area contributed by atoms with Crippen molar-refractivity contribution >= 4 is 16.9 Å². The lowest BCUT2D eigenvalue weighted by atomic mass is 10.2.